The molecule has 4 aromatic carbocycles. The van der Waals surface area contributed by atoms with E-state index in [-0.39, 0.29) is 11.5 Å². The Morgan fingerprint density at radius 3 is 2.18 bits per heavy atom. The highest BCUT2D eigenvalue weighted by molar-refractivity contribution is 6.00. The van der Waals surface area contributed by atoms with E-state index in [2.05, 4.69) is 40.3 Å². The average Bonchev–Trinajstić information content (AvgIpc) is 3.40. The van der Waals surface area contributed by atoms with Crippen LogP contribution in [0.1, 0.15) is 11.1 Å². The molecule has 1 aromatic heterocycles. The van der Waals surface area contributed by atoms with Gasteiger partial charge in [0, 0.05) is 5.39 Å². The number of nitriles is 1. The Balaban J connectivity index is 1.59. The Hall–Kier alpha value is -4.69. The van der Waals surface area contributed by atoms with Crippen LogP contribution in [0.15, 0.2) is 107 Å². The molecule has 0 atom stereocenters. The van der Waals surface area contributed by atoms with Crippen LogP contribution >= 0.6 is 0 Å². The van der Waals surface area contributed by atoms with E-state index in [9.17, 15) is 10.4 Å². The molecule has 5 aromatic rings. The average molecular weight is 426 g/mol. The molecule has 1 N–H and O–H groups in total. The van der Waals surface area contributed by atoms with Gasteiger partial charge in [0.2, 0.25) is 5.88 Å². The van der Waals surface area contributed by atoms with Gasteiger partial charge < -0.3 is 9.67 Å². The molecule has 156 valence electrons. The Bertz CT molecular complexity index is 1730. The molecule has 33 heavy (non-hydrogen) atoms. The van der Waals surface area contributed by atoms with Crippen molar-refractivity contribution in [1.82, 2.24) is 4.57 Å². The summed E-state index contributed by atoms with van der Waals surface area (Å²) in [6, 6.07) is 31.9. The van der Waals surface area contributed by atoms with Crippen LogP contribution < -0.4 is 10.7 Å². The fraction of sp³-hybridized carbons (Fsp3) is 0.0357. The quantitative estimate of drug-likeness (QED) is 0.425. The molecule has 0 amide bonds. The highest BCUT2D eigenvalue weighted by atomic mass is 16.3. The lowest BCUT2D eigenvalue weighted by Gasteiger charge is -2.10. The van der Waals surface area contributed by atoms with Crippen LogP contribution in [0, 0.1) is 11.3 Å². The first-order valence-corrected chi connectivity index (χ1v) is 10.7. The molecule has 0 aliphatic carbocycles. The molecule has 1 aliphatic heterocycles. The van der Waals surface area contributed by atoms with Gasteiger partial charge in [0.05, 0.1) is 28.3 Å². The van der Waals surface area contributed by atoms with E-state index in [0.717, 1.165) is 38.0 Å². The van der Waals surface area contributed by atoms with Crippen molar-refractivity contribution in [2.75, 3.05) is 0 Å². The van der Waals surface area contributed by atoms with Crippen molar-refractivity contribution >= 4 is 27.2 Å². The smallest absolute Gasteiger partial charge is 0.201 e. The molecule has 0 saturated heterocycles. The maximum atomic E-state index is 11.4. The maximum Gasteiger partial charge on any atom is 0.201 e. The second-order valence-corrected chi connectivity index (χ2v) is 7.96. The molecular weight excluding hydrogens is 408 g/mol. The van der Waals surface area contributed by atoms with Gasteiger partial charge in [-0.3, -0.25) is 0 Å². The zero-order valence-electron chi connectivity index (χ0n) is 17.6. The van der Waals surface area contributed by atoms with Crippen molar-refractivity contribution in [3.63, 3.8) is 0 Å². The minimum absolute atomic E-state index is 0.0366. The standard InChI is InChI=1S/C28H18N4O/c29-16-22(27-30-23-13-4-5-14-24(23)31-27)26-21-12-3-6-15-25(21)32(28(26)33)17-19-10-7-9-18-8-1-2-11-20(18)19/h1-15,33H,17H2. The molecule has 1 aliphatic rings. The summed E-state index contributed by atoms with van der Waals surface area (Å²) >= 11 is 0. The van der Waals surface area contributed by atoms with E-state index in [4.69, 9.17) is 0 Å². The Morgan fingerprint density at radius 1 is 0.788 bits per heavy atom. The topological polar surface area (TPSA) is 73.7 Å². The van der Waals surface area contributed by atoms with Gasteiger partial charge in [-0.15, -0.1) is 0 Å². The fourth-order valence-corrected chi connectivity index (χ4v) is 4.53. The van der Waals surface area contributed by atoms with Gasteiger partial charge in [-0.25, -0.2) is 9.98 Å². The Labute approximate surface area is 189 Å². The highest BCUT2D eigenvalue weighted by Gasteiger charge is 2.23. The monoisotopic (exact) mass is 426 g/mol. The molecule has 0 unspecified atom stereocenters. The lowest BCUT2D eigenvalue weighted by Crippen LogP contribution is -2.19. The van der Waals surface area contributed by atoms with Crippen molar-refractivity contribution in [2.24, 2.45) is 9.98 Å². The minimum Gasteiger partial charge on any atom is -0.494 e. The van der Waals surface area contributed by atoms with Crippen LogP contribution in [0.5, 0.6) is 5.88 Å². The molecule has 5 nitrogen and oxygen atoms in total. The number of nitrogens with zero attached hydrogens (tertiary/aromatic N) is 4. The molecule has 2 heterocycles. The lowest BCUT2D eigenvalue weighted by molar-refractivity contribution is 0.427. The zero-order chi connectivity index (χ0) is 22.4. The van der Waals surface area contributed by atoms with Crippen molar-refractivity contribution < 1.29 is 5.11 Å². The number of aromatic hydroxyl groups is 1. The minimum atomic E-state index is 0.0366. The third kappa shape index (κ3) is 3.00. The van der Waals surface area contributed by atoms with Crippen molar-refractivity contribution in [3.8, 4) is 11.9 Å². The highest BCUT2D eigenvalue weighted by Crippen LogP contribution is 2.39. The lowest BCUT2D eigenvalue weighted by atomic mass is 10.0. The van der Waals surface area contributed by atoms with E-state index in [1.54, 1.807) is 0 Å². The van der Waals surface area contributed by atoms with Crippen LogP contribution in [0.4, 0.5) is 0 Å². The SMILES string of the molecule is N#CC(=C1N=c2ccccc2=N1)c1c(O)n(Cc2cccc3ccccc23)c2ccccc12. The predicted molar refractivity (Wildman–Crippen MR) is 128 cm³/mol. The maximum absolute atomic E-state index is 11.4. The summed E-state index contributed by atoms with van der Waals surface area (Å²) in [5.41, 5.74) is 2.66. The van der Waals surface area contributed by atoms with Gasteiger partial charge in [-0.2, -0.15) is 5.26 Å². The Morgan fingerprint density at radius 2 is 1.42 bits per heavy atom. The van der Waals surface area contributed by atoms with Crippen LogP contribution in [-0.4, -0.2) is 9.67 Å². The second-order valence-electron chi connectivity index (χ2n) is 7.96. The van der Waals surface area contributed by atoms with Gasteiger partial charge in [-0.1, -0.05) is 72.8 Å². The zero-order valence-corrected chi connectivity index (χ0v) is 17.6. The third-order valence-corrected chi connectivity index (χ3v) is 6.07. The van der Waals surface area contributed by atoms with Gasteiger partial charge in [-0.05, 0) is 34.5 Å². The molecule has 0 spiro atoms. The molecular formula is C28H18N4O. The summed E-state index contributed by atoms with van der Waals surface area (Å²) in [4.78, 5) is 9.10. The number of aromatic nitrogens is 1. The number of benzene rings is 4. The molecule has 0 bridgehead atoms. The molecule has 6 rings (SSSR count). The number of fused-ring (bicyclic) bond motifs is 3. The first-order chi connectivity index (χ1) is 16.2. The van der Waals surface area contributed by atoms with E-state index >= 15 is 0 Å². The van der Waals surface area contributed by atoms with Crippen molar-refractivity contribution in [1.29, 1.82) is 5.26 Å². The van der Waals surface area contributed by atoms with Gasteiger partial charge >= 0.3 is 0 Å². The van der Waals surface area contributed by atoms with Crippen LogP contribution in [0.3, 0.4) is 0 Å². The molecule has 0 fully saturated rings. The second kappa shape index (κ2) is 7.47. The molecule has 0 saturated carbocycles. The number of hydrogen-bond acceptors (Lipinski definition) is 4. The van der Waals surface area contributed by atoms with Gasteiger partial charge in [0.25, 0.3) is 0 Å². The summed E-state index contributed by atoms with van der Waals surface area (Å²) in [5.74, 6) is 0.358. The normalized spacial score (nSPS) is 12.3. The van der Waals surface area contributed by atoms with Crippen molar-refractivity contribution in [2.45, 2.75) is 6.54 Å². The van der Waals surface area contributed by atoms with Crippen LogP contribution in [0.25, 0.3) is 27.2 Å². The predicted octanol–water partition coefficient (Wildman–Crippen LogP) is 4.69. The summed E-state index contributed by atoms with van der Waals surface area (Å²) < 4.78 is 1.85. The van der Waals surface area contributed by atoms with Gasteiger partial charge in [0.15, 0.2) is 5.82 Å². The van der Waals surface area contributed by atoms with Crippen LogP contribution in [-0.2, 0) is 6.54 Å². The summed E-state index contributed by atoms with van der Waals surface area (Å²) in [5, 5.41) is 26.0. The first-order valence-electron chi connectivity index (χ1n) is 10.7. The van der Waals surface area contributed by atoms with E-state index in [1.165, 1.54) is 0 Å². The first kappa shape index (κ1) is 19.0. The van der Waals surface area contributed by atoms with Crippen LogP contribution in [0.2, 0.25) is 0 Å². The summed E-state index contributed by atoms with van der Waals surface area (Å²) in [7, 11) is 0. The van der Waals surface area contributed by atoms with Gasteiger partial charge in [0.1, 0.15) is 11.6 Å². The van der Waals surface area contributed by atoms with Crippen molar-refractivity contribution in [3.05, 3.63) is 119 Å². The van der Waals surface area contributed by atoms with E-state index < -0.39 is 0 Å². The fourth-order valence-electron chi connectivity index (χ4n) is 4.53. The summed E-state index contributed by atoms with van der Waals surface area (Å²) in [6.45, 7) is 0.469. The Kier molecular flexibility index (Phi) is 4.31. The number of rotatable bonds is 3. The van der Waals surface area contributed by atoms with E-state index in [0.29, 0.717) is 17.9 Å². The van der Waals surface area contributed by atoms with E-state index in [1.807, 2.05) is 71.3 Å². The molecule has 0 radical (unpaired) electrons. The third-order valence-electron chi connectivity index (χ3n) is 6.07. The number of para-hydroxylation sites is 3. The summed E-state index contributed by atoms with van der Waals surface area (Å²) in [6.07, 6.45) is 0. The number of hydrogen-bond donors (Lipinski definition) is 1. The largest absolute Gasteiger partial charge is 0.494 e. The molecule has 5 heteroatoms. The number of allylic oxidation sites excluding steroid dienone is 1.